The van der Waals surface area contributed by atoms with Gasteiger partial charge in [0, 0.05) is 6.54 Å². The van der Waals surface area contributed by atoms with E-state index >= 15 is 0 Å². The lowest BCUT2D eigenvalue weighted by Gasteiger charge is -2.37. The molecule has 0 amide bonds. The Morgan fingerprint density at radius 3 is 2.89 bits per heavy atom. The van der Waals surface area contributed by atoms with E-state index in [-0.39, 0.29) is 11.2 Å². The average Bonchev–Trinajstić information content (AvgIpc) is 2.81. The molecule has 0 radical (unpaired) electrons. The normalized spacial score (nSPS) is 18.6. The van der Waals surface area contributed by atoms with Crippen LogP contribution in [-0.4, -0.2) is 31.9 Å². The summed E-state index contributed by atoms with van der Waals surface area (Å²) in [6.07, 6.45) is 5.71. The second-order valence-corrected chi connectivity index (χ2v) is 5.19. The smallest absolute Gasteiger partial charge is 0.362 e. The van der Waals surface area contributed by atoms with Crippen molar-refractivity contribution in [2.45, 2.75) is 37.6 Å². The van der Waals surface area contributed by atoms with E-state index < -0.39 is 0 Å². The first-order valence-electron chi connectivity index (χ1n) is 6.65. The number of hydrogen-bond acceptors (Lipinski definition) is 5. The highest BCUT2D eigenvalue weighted by molar-refractivity contribution is 5.44. The van der Waals surface area contributed by atoms with Gasteiger partial charge in [0.15, 0.2) is 5.65 Å². The third-order valence-electron chi connectivity index (χ3n) is 3.87. The molecule has 2 aromatic heterocycles. The first-order valence-corrected chi connectivity index (χ1v) is 6.65. The van der Waals surface area contributed by atoms with Gasteiger partial charge in [0.2, 0.25) is 0 Å². The summed E-state index contributed by atoms with van der Waals surface area (Å²) in [4.78, 5) is 11.5. The molecule has 0 atom stereocenters. The van der Waals surface area contributed by atoms with Crippen molar-refractivity contribution in [2.24, 2.45) is 5.73 Å². The molecule has 3 rings (SSSR count). The first kappa shape index (κ1) is 12.2. The predicted octanol–water partition coefficient (Wildman–Crippen LogP) is 0.491. The molecule has 102 valence electrons. The van der Waals surface area contributed by atoms with Gasteiger partial charge in [0.05, 0.1) is 5.54 Å². The van der Waals surface area contributed by atoms with Crippen LogP contribution in [0.25, 0.3) is 5.65 Å². The van der Waals surface area contributed by atoms with Crippen molar-refractivity contribution in [1.29, 1.82) is 0 Å². The molecule has 19 heavy (non-hydrogen) atoms. The Hall–Kier alpha value is -1.89. The first-order chi connectivity index (χ1) is 9.22. The molecule has 0 spiro atoms. The molecule has 0 saturated heterocycles. The Bertz CT molecular complexity index is 624. The lowest BCUT2D eigenvalue weighted by Crippen LogP contribution is -2.47. The fourth-order valence-corrected chi connectivity index (χ4v) is 2.75. The summed E-state index contributed by atoms with van der Waals surface area (Å²) in [7, 11) is 0. The van der Waals surface area contributed by atoms with E-state index in [0.29, 0.717) is 18.0 Å². The van der Waals surface area contributed by atoms with E-state index in [1.165, 1.54) is 23.8 Å². The molecule has 7 heteroatoms. The largest absolute Gasteiger partial charge is 0.364 e. The van der Waals surface area contributed by atoms with Gasteiger partial charge in [-0.1, -0.05) is 19.3 Å². The van der Waals surface area contributed by atoms with Gasteiger partial charge < -0.3 is 11.1 Å². The highest BCUT2D eigenvalue weighted by atomic mass is 16.2. The van der Waals surface area contributed by atoms with Gasteiger partial charge in [-0.15, -0.1) is 5.10 Å². The van der Waals surface area contributed by atoms with Crippen molar-refractivity contribution in [1.82, 2.24) is 19.8 Å². The number of nitrogens with two attached hydrogens (primary N) is 1. The zero-order valence-corrected chi connectivity index (χ0v) is 10.7. The van der Waals surface area contributed by atoms with Crippen LogP contribution in [-0.2, 0) is 0 Å². The third-order valence-corrected chi connectivity index (χ3v) is 3.87. The molecule has 1 aliphatic rings. The topological polar surface area (TPSA) is 101 Å². The predicted molar refractivity (Wildman–Crippen MR) is 72.1 cm³/mol. The molecule has 0 unspecified atom stereocenters. The van der Waals surface area contributed by atoms with E-state index in [2.05, 4.69) is 20.6 Å². The molecule has 1 saturated carbocycles. The van der Waals surface area contributed by atoms with E-state index in [1.807, 2.05) is 6.07 Å². The summed E-state index contributed by atoms with van der Waals surface area (Å²) in [5.41, 5.74) is 6.03. The summed E-state index contributed by atoms with van der Waals surface area (Å²) in [5.74, 6) is 0.670. The van der Waals surface area contributed by atoms with Crippen LogP contribution in [0.2, 0.25) is 0 Å². The SMILES string of the molecule is NCC1(Nc2ccc3n[nH]c(=O)n3n2)CCCCC1. The van der Waals surface area contributed by atoms with Crippen LogP contribution in [0, 0.1) is 0 Å². The summed E-state index contributed by atoms with van der Waals surface area (Å²) < 4.78 is 1.26. The maximum atomic E-state index is 11.5. The Morgan fingerprint density at radius 2 is 2.16 bits per heavy atom. The maximum absolute atomic E-state index is 11.5. The second-order valence-electron chi connectivity index (χ2n) is 5.19. The number of nitrogens with zero attached hydrogens (tertiary/aromatic N) is 3. The van der Waals surface area contributed by atoms with Gasteiger partial charge in [-0.3, -0.25) is 0 Å². The van der Waals surface area contributed by atoms with Crippen LogP contribution >= 0.6 is 0 Å². The molecule has 2 heterocycles. The number of nitrogens with one attached hydrogen (secondary N) is 2. The standard InChI is InChI=1S/C12H18N6O/c13-8-12(6-2-1-3-7-12)14-9-4-5-10-15-16-11(19)18(10)17-9/h4-5H,1-3,6-8,13H2,(H,14,17)(H,16,19). The van der Waals surface area contributed by atoms with Crippen LogP contribution in [0.3, 0.4) is 0 Å². The molecular formula is C12H18N6O. The van der Waals surface area contributed by atoms with Crippen LogP contribution in [0.1, 0.15) is 32.1 Å². The molecular weight excluding hydrogens is 244 g/mol. The monoisotopic (exact) mass is 262 g/mol. The fraction of sp³-hybridized carbons (Fsp3) is 0.583. The van der Waals surface area contributed by atoms with Crippen molar-refractivity contribution < 1.29 is 0 Å². The van der Waals surface area contributed by atoms with Crippen LogP contribution in [0.5, 0.6) is 0 Å². The Labute approximate surface area is 110 Å². The minimum atomic E-state index is -0.330. The van der Waals surface area contributed by atoms with Crippen LogP contribution < -0.4 is 16.7 Å². The molecule has 7 nitrogen and oxygen atoms in total. The van der Waals surface area contributed by atoms with Crippen molar-refractivity contribution in [3.63, 3.8) is 0 Å². The molecule has 1 aliphatic carbocycles. The quantitative estimate of drug-likeness (QED) is 0.747. The van der Waals surface area contributed by atoms with Crippen molar-refractivity contribution in [2.75, 3.05) is 11.9 Å². The molecule has 4 N–H and O–H groups in total. The maximum Gasteiger partial charge on any atom is 0.364 e. The van der Waals surface area contributed by atoms with Gasteiger partial charge in [-0.2, -0.15) is 9.61 Å². The average molecular weight is 262 g/mol. The van der Waals surface area contributed by atoms with Gasteiger partial charge in [-0.25, -0.2) is 9.89 Å². The number of fused-ring (bicyclic) bond motifs is 1. The van der Waals surface area contributed by atoms with Gasteiger partial charge in [-0.05, 0) is 25.0 Å². The number of aromatic amines is 1. The van der Waals surface area contributed by atoms with E-state index in [0.717, 1.165) is 12.8 Å². The summed E-state index contributed by atoms with van der Waals surface area (Å²) in [5, 5.41) is 13.9. The second kappa shape index (κ2) is 4.65. The molecule has 0 aromatic carbocycles. The fourth-order valence-electron chi connectivity index (χ4n) is 2.75. The number of rotatable bonds is 3. The highest BCUT2D eigenvalue weighted by Crippen LogP contribution is 2.30. The minimum Gasteiger partial charge on any atom is -0.362 e. The number of anilines is 1. The van der Waals surface area contributed by atoms with Gasteiger partial charge in [0.1, 0.15) is 5.82 Å². The molecule has 1 fully saturated rings. The third kappa shape index (κ3) is 2.21. The van der Waals surface area contributed by atoms with Crippen molar-refractivity contribution >= 4 is 11.5 Å². The van der Waals surface area contributed by atoms with E-state index in [1.54, 1.807) is 6.07 Å². The number of hydrogen-bond donors (Lipinski definition) is 3. The molecule has 0 aliphatic heterocycles. The van der Waals surface area contributed by atoms with E-state index in [9.17, 15) is 4.79 Å². The Balaban J connectivity index is 1.91. The summed E-state index contributed by atoms with van der Waals surface area (Å²) >= 11 is 0. The van der Waals surface area contributed by atoms with Crippen molar-refractivity contribution in [3.05, 3.63) is 22.6 Å². The minimum absolute atomic E-state index is 0.0910. The summed E-state index contributed by atoms with van der Waals surface area (Å²) in [6, 6.07) is 3.60. The van der Waals surface area contributed by atoms with Crippen molar-refractivity contribution in [3.8, 4) is 0 Å². The lowest BCUT2D eigenvalue weighted by atomic mass is 9.82. The number of H-pyrrole nitrogens is 1. The van der Waals surface area contributed by atoms with Crippen LogP contribution in [0.15, 0.2) is 16.9 Å². The van der Waals surface area contributed by atoms with Gasteiger partial charge in [0.25, 0.3) is 0 Å². The highest BCUT2D eigenvalue weighted by Gasteiger charge is 2.30. The zero-order valence-electron chi connectivity index (χ0n) is 10.7. The molecule has 0 bridgehead atoms. The van der Waals surface area contributed by atoms with Crippen LogP contribution in [0.4, 0.5) is 5.82 Å². The Morgan fingerprint density at radius 1 is 1.37 bits per heavy atom. The zero-order chi connectivity index (χ0) is 13.3. The van der Waals surface area contributed by atoms with E-state index in [4.69, 9.17) is 5.73 Å². The van der Waals surface area contributed by atoms with Gasteiger partial charge >= 0.3 is 5.69 Å². The lowest BCUT2D eigenvalue weighted by molar-refractivity contribution is 0.330. The summed E-state index contributed by atoms with van der Waals surface area (Å²) in [6.45, 7) is 0.576. The Kier molecular flexibility index (Phi) is 2.98. The molecule has 2 aromatic rings. The number of aromatic nitrogens is 4.